The minimum atomic E-state index is -3.25. The highest BCUT2D eigenvalue weighted by atomic mass is 32.2. The highest BCUT2D eigenvalue weighted by molar-refractivity contribution is 7.91. The first kappa shape index (κ1) is 19.5. The molecule has 3 rings (SSSR count). The van der Waals surface area contributed by atoms with Crippen LogP contribution in [0.25, 0.3) is 11.3 Å². The van der Waals surface area contributed by atoms with Crippen molar-refractivity contribution in [3.8, 4) is 11.3 Å². The summed E-state index contributed by atoms with van der Waals surface area (Å²) in [6.45, 7) is 6.06. The van der Waals surface area contributed by atoms with Crippen LogP contribution in [0.5, 0.6) is 0 Å². The molecule has 1 aliphatic rings. The molecule has 27 heavy (non-hydrogen) atoms. The van der Waals surface area contributed by atoms with Crippen LogP contribution in [0.4, 0.5) is 0 Å². The summed E-state index contributed by atoms with van der Waals surface area (Å²) in [6.07, 6.45) is 0. The van der Waals surface area contributed by atoms with Gasteiger partial charge in [0.1, 0.15) is 0 Å². The minimum absolute atomic E-state index is 0.0451. The first-order valence-electron chi connectivity index (χ1n) is 8.88. The van der Waals surface area contributed by atoms with Crippen LogP contribution in [0.15, 0.2) is 39.8 Å². The van der Waals surface area contributed by atoms with E-state index in [0.717, 1.165) is 32.8 Å². The van der Waals surface area contributed by atoms with E-state index in [1.807, 2.05) is 0 Å². The Labute approximate surface area is 158 Å². The monoisotopic (exact) mass is 393 g/mol. The second kappa shape index (κ2) is 8.64. The van der Waals surface area contributed by atoms with E-state index in [1.165, 1.54) is 12.1 Å². The van der Waals surface area contributed by atoms with Crippen molar-refractivity contribution in [2.24, 2.45) is 0 Å². The molecule has 8 nitrogen and oxygen atoms in total. The normalized spacial score (nSPS) is 15.6. The molecule has 0 saturated carbocycles. The van der Waals surface area contributed by atoms with E-state index in [2.05, 4.69) is 15.4 Å². The highest BCUT2D eigenvalue weighted by Crippen LogP contribution is 2.22. The summed E-state index contributed by atoms with van der Waals surface area (Å²) in [6, 6.07) is 7.89. The number of carbonyl (C=O) groups is 1. The number of rotatable bonds is 7. The number of nitrogens with zero attached hydrogens (tertiary/aromatic N) is 2. The van der Waals surface area contributed by atoms with Crippen LogP contribution < -0.4 is 5.32 Å². The van der Waals surface area contributed by atoms with E-state index >= 15 is 0 Å². The molecule has 2 heterocycles. The molecular formula is C18H23N3O5S. The number of hydrogen-bond acceptors (Lipinski definition) is 7. The quantitative estimate of drug-likeness (QED) is 0.754. The van der Waals surface area contributed by atoms with Gasteiger partial charge in [-0.1, -0.05) is 12.1 Å². The number of hydrogen-bond donors (Lipinski definition) is 1. The van der Waals surface area contributed by atoms with E-state index < -0.39 is 9.84 Å². The predicted octanol–water partition coefficient (Wildman–Crippen LogP) is 1.20. The first-order valence-corrected chi connectivity index (χ1v) is 10.5. The fourth-order valence-corrected chi connectivity index (χ4v) is 3.64. The molecule has 0 spiro atoms. The Hall–Kier alpha value is -2.23. The fraction of sp³-hybridized carbons (Fsp3) is 0.444. The Kier molecular flexibility index (Phi) is 6.25. The number of sulfone groups is 1. The summed E-state index contributed by atoms with van der Waals surface area (Å²) >= 11 is 0. The lowest BCUT2D eigenvalue weighted by atomic mass is 10.1. The van der Waals surface area contributed by atoms with Gasteiger partial charge in [-0.15, -0.1) is 0 Å². The topological polar surface area (TPSA) is 102 Å². The summed E-state index contributed by atoms with van der Waals surface area (Å²) in [5.41, 5.74) is 0.849. The molecule has 0 unspecified atom stereocenters. The molecule has 1 saturated heterocycles. The maximum absolute atomic E-state index is 12.2. The Bertz CT molecular complexity index is 871. The van der Waals surface area contributed by atoms with Crippen LogP contribution in [0.1, 0.15) is 17.4 Å². The molecule has 1 amide bonds. The SMILES string of the molecule is CCS(=O)(=O)c1ccc(-c2cc(C(=O)NCCN3CCOCC3)no2)cc1. The molecule has 0 atom stereocenters. The first-order chi connectivity index (χ1) is 13.0. The molecule has 1 aromatic carbocycles. The van der Waals surface area contributed by atoms with Gasteiger partial charge in [0, 0.05) is 37.8 Å². The van der Waals surface area contributed by atoms with Crippen molar-refractivity contribution in [3.63, 3.8) is 0 Å². The summed E-state index contributed by atoms with van der Waals surface area (Å²) in [7, 11) is -3.25. The molecule has 146 valence electrons. The Morgan fingerprint density at radius 3 is 2.59 bits per heavy atom. The summed E-state index contributed by atoms with van der Waals surface area (Å²) in [5.74, 6) is 0.154. The van der Waals surface area contributed by atoms with E-state index in [-0.39, 0.29) is 22.2 Å². The van der Waals surface area contributed by atoms with E-state index in [9.17, 15) is 13.2 Å². The molecule has 1 aliphatic heterocycles. The number of amides is 1. The van der Waals surface area contributed by atoms with Gasteiger partial charge in [-0.25, -0.2) is 8.42 Å². The maximum atomic E-state index is 12.2. The number of ether oxygens (including phenoxy) is 1. The Morgan fingerprint density at radius 1 is 1.22 bits per heavy atom. The van der Waals surface area contributed by atoms with Crippen LogP contribution in [-0.2, 0) is 14.6 Å². The number of morpholine rings is 1. The molecule has 2 aromatic rings. The second-order valence-electron chi connectivity index (χ2n) is 6.21. The average Bonchev–Trinajstić information content (AvgIpc) is 3.19. The van der Waals surface area contributed by atoms with Crippen molar-refractivity contribution in [2.75, 3.05) is 45.1 Å². The second-order valence-corrected chi connectivity index (χ2v) is 8.49. The molecule has 1 aromatic heterocycles. The largest absolute Gasteiger partial charge is 0.379 e. The zero-order valence-electron chi connectivity index (χ0n) is 15.2. The number of aromatic nitrogens is 1. The van der Waals surface area contributed by atoms with Crippen molar-refractivity contribution in [1.82, 2.24) is 15.4 Å². The molecule has 0 bridgehead atoms. The smallest absolute Gasteiger partial charge is 0.273 e. The average molecular weight is 393 g/mol. The van der Waals surface area contributed by atoms with Gasteiger partial charge in [-0.05, 0) is 24.3 Å². The lowest BCUT2D eigenvalue weighted by Gasteiger charge is -2.26. The lowest BCUT2D eigenvalue weighted by Crippen LogP contribution is -2.41. The van der Waals surface area contributed by atoms with Gasteiger partial charge in [-0.2, -0.15) is 0 Å². The van der Waals surface area contributed by atoms with Crippen LogP contribution in [0, 0.1) is 0 Å². The zero-order chi connectivity index (χ0) is 19.3. The van der Waals surface area contributed by atoms with Crippen molar-refractivity contribution in [1.29, 1.82) is 0 Å². The van der Waals surface area contributed by atoms with Gasteiger partial charge in [0.2, 0.25) is 0 Å². The highest BCUT2D eigenvalue weighted by Gasteiger charge is 2.16. The molecule has 0 radical (unpaired) electrons. The number of nitrogens with one attached hydrogen (secondary N) is 1. The van der Waals surface area contributed by atoms with Crippen molar-refractivity contribution >= 4 is 15.7 Å². The van der Waals surface area contributed by atoms with Gasteiger partial charge < -0.3 is 14.6 Å². The molecule has 1 fully saturated rings. The van der Waals surface area contributed by atoms with Gasteiger partial charge in [0.25, 0.3) is 5.91 Å². The van der Waals surface area contributed by atoms with Gasteiger partial charge in [0.05, 0.1) is 23.9 Å². The third-order valence-electron chi connectivity index (χ3n) is 4.44. The zero-order valence-corrected chi connectivity index (χ0v) is 16.0. The predicted molar refractivity (Wildman–Crippen MR) is 99.3 cm³/mol. The molecular weight excluding hydrogens is 370 g/mol. The molecule has 9 heteroatoms. The van der Waals surface area contributed by atoms with E-state index in [0.29, 0.717) is 17.9 Å². The molecule has 1 N–H and O–H groups in total. The maximum Gasteiger partial charge on any atom is 0.273 e. The van der Waals surface area contributed by atoms with Crippen molar-refractivity contribution in [3.05, 3.63) is 36.0 Å². The number of benzene rings is 1. The van der Waals surface area contributed by atoms with Gasteiger partial charge in [-0.3, -0.25) is 9.69 Å². The van der Waals surface area contributed by atoms with Crippen molar-refractivity contribution < 1.29 is 22.5 Å². The Balaban J connectivity index is 1.58. The third kappa shape index (κ3) is 4.94. The van der Waals surface area contributed by atoms with E-state index in [1.54, 1.807) is 25.1 Å². The van der Waals surface area contributed by atoms with Crippen LogP contribution in [-0.4, -0.2) is 69.5 Å². The summed E-state index contributed by atoms with van der Waals surface area (Å²) in [4.78, 5) is 14.7. The van der Waals surface area contributed by atoms with Crippen LogP contribution in [0.3, 0.4) is 0 Å². The van der Waals surface area contributed by atoms with Crippen LogP contribution >= 0.6 is 0 Å². The summed E-state index contributed by atoms with van der Waals surface area (Å²) in [5, 5.41) is 6.63. The standard InChI is InChI=1S/C18H23N3O5S/c1-2-27(23,24)15-5-3-14(4-6-15)17-13-16(20-26-17)18(22)19-7-8-21-9-11-25-12-10-21/h3-6,13H,2,7-12H2,1H3,(H,19,22). The summed E-state index contributed by atoms with van der Waals surface area (Å²) < 4.78 is 34.2. The van der Waals surface area contributed by atoms with Gasteiger partial charge in [0.15, 0.2) is 21.3 Å². The van der Waals surface area contributed by atoms with Crippen LogP contribution in [0.2, 0.25) is 0 Å². The van der Waals surface area contributed by atoms with Crippen molar-refractivity contribution in [2.45, 2.75) is 11.8 Å². The number of carbonyl (C=O) groups excluding carboxylic acids is 1. The molecule has 0 aliphatic carbocycles. The third-order valence-corrected chi connectivity index (χ3v) is 6.19. The van der Waals surface area contributed by atoms with E-state index in [4.69, 9.17) is 9.26 Å². The van der Waals surface area contributed by atoms with Gasteiger partial charge >= 0.3 is 0 Å². The Morgan fingerprint density at radius 2 is 1.93 bits per heavy atom. The lowest BCUT2D eigenvalue weighted by molar-refractivity contribution is 0.0383. The minimum Gasteiger partial charge on any atom is -0.379 e. The fourth-order valence-electron chi connectivity index (χ4n) is 2.75.